The lowest BCUT2D eigenvalue weighted by atomic mass is 9.89. The predicted molar refractivity (Wildman–Crippen MR) is 107 cm³/mol. The SMILES string of the molecule is CCN1CCN(c2ccc(-c3cccc([C@H](C)C(C)C)c3)cn2)CC1. The number of hydrogen-bond acceptors (Lipinski definition) is 3. The van der Waals surface area contributed by atoms with Crippen LogP contribution in [0.5, 0.6) is 0 Å². The van der Waals surface area contributed by atoms with Gasteiger partial charge in [0.1, 0.15) is 5.82 Å². The maximum absolute atomic E-state index is 4.75. The molecule has 25 heavy (non-hydrogen) atoms. The maximum atomic E-state index is 4.75. The Hall–Kier alpha value is -1.87. The van der Waals surface area contributed by atoms with Gasteiger partial charge in [0.2, 0.25) is 0 Å². The third-order valence-electron chi connectivity index (χ3n) is 5.64. The first-order valence-electron chi connectivity index (χ1n) is 9.62. The van der Waals surface area contributed by atoms with Crippen LogP contribution in [-0.4, -0.2) is 42.6 Å². The summed E-state index contributed by atoms with van der Waals surface area (Å²) >= 11 is 0. The minimum Gasteiger partial charge on any atom is -0.354 e. The number of nitrogens with zero attached hydrogens (tertiary/aromatic N) is 3. The molecule has 0 bridgehead atoms. The predicted octanol–water partition coefficient (Wildman–Crippen LogP) is 4.65. The van der Waals surface area contributed by atoms with Crippen molar-refractivity contribution in [2.45, 2.75) is 33.6 Å². The molecule has 2 aromatic rings. The summed E-state index contributed by atoms with van der Waals surface area (Å²) in [6.45, 7) is 14.7. The molecule has 134 valence electrons. The molecule has 1 atom stereocenters. The van der Waals surface area contributed by atoms with Crippen LogP contribution in [0.1, 0.15) is 39.2 Å². The minimum absolute atomic E-state index is 0.571. The smallest absolute Gasteiger partial charge is 0.128 e. The number of pyridine rings is 1. The van der Waals surface area contributed by atoms with E-state index in [1.54, 1.807) is 0 Å². The molecule has 0 saturated carbocycles. The minimum atomic E-state index is 0.571. The summed E-state index contributed by atoms with van der Waals surface area (Å²) < 4.78 is 0. The molecule has 0 aliphatic carbocycles. The highest BCUT2D eigenvalue weighted by Gasteiger charge is 2.17. The van der Waals surface area contributed by atoms with Crippen molar-refractivity contribution < 1.29 is 0 Å². The molecule has 1 aromatic carbocycles. The van der Waals surface area contributed by atoms with E-state index >= 15 is 0 Å². The highest BCUT2D eigenvalue weighted by Crippen LogP contribution is 2.28. The van der Waals surface area contributed by atoms with Gasteiger partial charge in [0.25, 0.3) is 0 Å². The third-order valence-corrected chi connectivity index (χ3v) is 5.64. The van der Waals surface area contributed by atoms with Gasteiger partial charge in [-0.15, -0.1) is 0 Å². The van der Waals surface area contributed by atoms with Crippen molar-refractivity contribution in [3.8, 4) is 11.1 Å². The van der Waals surface area contributed by atoms with Crippen molar-refractivity contribution >= 4 is 5.82 Å². The standard InChI is InChI=1S/C22H31N3/c1-5-24-11-13-25(14-12-24)22-10-9-21(16-23-22)20-8-6-7-19(15-20)18(4)17(2)3/h6-10,15-18H,5,11-14H2,1-4H3/t18-/m1/s1. The lowest BCUT2D eigenvalue weighted by Gasteiger charge is -2.34. The number of benzene rings is 1. The molecule has 0 N–H and O–H groups in total. The average Bonchev–Trinajstić information content (AvgIpc) is 2.67. The lowest BCUT2D eigenvalue weighted by Crippen LogP contribution is -2.46. The average molecular weight is 338 g/mol. The van der Waals surface area contributed by atoms with E-state index in [0.717, 1.165) is 38.5 Å². The van der Waals surface area contributed by atoms with Crippen LogP contribution in [0.3, 0.4) is 0 Å². The molecule has 0 amide bonds. The highest BCUT2D eigenvalue weighted by molar-refractivity contribution is 5.65. The molecule has 2 heterocycles. The zero-order valence-electron chi connectivity index (χ0n) is 16.1. The van der Waals surface area contributed by atoms with Gasteiger partial charge in [0.15, 0.2) is 0 Å². The van der Waals surface area contributed by atoms with E-state index in [1.807, 2.05) is 6.20 Å². The highest BCUT2D eigenvalue weighted by atomic mass is 15.3. The van der Waals surface area contributed by atoms with Crippen molar-refractivity contribution in [2.75, 3.05) is 37.6 Å². The Balaban J connectivity index is 1.73. The van der Waals surface area contributed by atoms with Crippen LogP contribution in [0, 0.1) is 5.92 Å². The Kier molecular flexibility index (Phi) is 5.74. The molecule has 0 radical (unpaired) electrons. The fourth-order valence-electron chi connectivity index (χ4n) is 3.42. The Labute approximate surface area is 152 Å². The van der Waals surface area contributed by atoms with E-state index in [1.165, 1.54) is 16.7 Å². The number of rotatable bonds is 5. The van der Waals surface area contributed by atoms with Gasteiger partial charge in [-0.05, 0) is 41.6 Å². The molecule has 0 spiro atoms. The van der Waals surface area contributed by atoms with E-state index in [9.17, 15) is 0 Å². The summed E-state index contributed by atoms with van der Waals surface area (Å²) in [6, 6.07) is 13.3. The van der Waals surface area contributed by atoms with Crippen LogP contribution in [0.4, 0.5) is 5.82 Å². The first kappa shape index (κ1) is 17.9. The molecule has 1 saturated heterocycles. The van der Waals surface area contributed by atoms with Gasteiger partial charge in [0.05, 0.1) is 0 Å². The summed E-state index contributed by atoms with van der Waals surface area (Å²) in [4.78, 5) is 9.63. The number of hydrogen-bond donors (Lipinski definition) is 0. The molecular formula is C22H31N3. The van der Waals surface area contributed by atoms with E-state index in [-0.39, 0.29) is 0 Å². The van der Waals surface area contributed by atoms with E-state index in [4.69, 9.17) is 4.98 Å². The summed E-state index contributed by atoms with van der Waals surface area (Å²) in [5.41, 5.74) is 3.88. The quantitative estimate of drug-likeness (QED) is 0.791. The monoisotopic (exact) mass is 337 g/mol. The zero-order valence-corrected chi connectivity index (χ0v) is 16.1. The van der Waals surface area contributed by atoms with E-state index in [0.29, 0.717) is 11.8 Å². The molecule has 0 unspecified atom stereocenters. The topological polar surface area (TPSA) is 19.4 Å². The lowest BCUT2D eigenvalue weighted by molar-refractivity contribution is 0.270. The third kappa shape index (κ3) is 4.21. The van der Waals surface area contributed by atoms with Crippen LogP contribution in [0.15, 0.2) is 42.6 Å². The Morgan fingerprint density at radius 1 is 0.960 bits per heavy atom. The van der Waals surface area contributed by atoms with E-state index < -0.39 is 0 Å². The zero-order chi connectivity index (χ0) is 17.8. The van der Waals surface area contributed by atoms with Gasteiger partial charge in [-0.25, -0.2) is 4.98 Å². The van der Waals surface area contributed by atoms with Gasteiger partial charge in [-0.2, -0.15) is 0 Å². The number of likely N-dealkylation sites (N-methyl/N-ethyl adjacent to an activating group) is 1. The number of anilines is 1. The molecule has 1 aliphatic heterocycles. The normalized spacial score (nSPS) is 17.1. The second-order valence-electron chi connectivity index (χ2n) is 7.48. The summed E-state index contributed by atoms with van der Waals surface area (Å²) in [7, 11) is 0. The van der Waals surface area contributed by atoms with Crippen molar-refractivity contribution in [1.29, 1.82) is 0 Å². The second-order valence-corrected chi connectivity index (χ2v) is 7.48. The summed E-state index contributed by atoms with van der Waals surface area (Å²) in [5.74, 6) is 2.32. The van der Waals surface area contributed by atoms with Crippen molar-refractivity contribution in [2.24, 2.45) is 5.92 Å². The molecular weight excluding hydrogens is 306 g/mol. The molecule has 3 nitrogen and oxygen atoms in total. The molecule has 1 fully saturated rings. The largest absolute Gasteiger partial charge is 0.354 e. The summed E-state index contributed by atoms with van der Waals surface area (Å²) in [6.07, 6.45) is 2.03. The van der Waals surface area contributed by atoms with Gasteiger partial charge < -0.3 is 9.80 Å². The second kappa shape index (κ2) is 8.01. The van der Waals surface area contributed by atoms with Crippen molar-refractivity contribution in [3.63, 3.8) is 0 Å². The summed E-state index contributed by atoms with van der Waals surface area (Å²) in [5, 5.41) is 0. The van der Waals surface area contributed by atoms with Crippen LogP contribution in [0.25, 0.3) is 11.1 Å². The molecule has 3 heteroatoms. The van der Waals surface area contributed by atoms with Gasteiger partial charge in [-0.1, -0.05) is 52.0 Å². The van der Waals surface area contributed by atoms with Gasteiger partial charge in [-0.3, -0.25) is 0 Å². The van der Waals surface area contributed by atoms with Crippen LogP contribution in [0.2, 0.25) is 0 Å². The Morgan fingerprint density at radius 2 is 1.72 bits per heavy atom. The Morgan fingerprint density at radius 3 is 2.32 bits per heavy atom. The van der Waals surface area contributed by atoms with Crippen LogP contribution < -0.4 is 4.90 Å². The Bertz CT molecular complexity index is 670. The van der Waals surface area contributed by atoms with Crippen LogP contribution in [-0.2, 0) is 0 Å². The first-order chi connectivity index (χ1) is 12.1. The van der Waals surface area contributed by atoms with Crippen LogP contribution >= 0.6 is 0 Å². The number of aromatic nitrogens is 1. The van der Waals surface area contributed by atoms with E-state index in [2.05, 4.69) is 73.9 Å². The van der Waals surface area contributed by atoms with Gasteiger partial charge in [0, 0.05) is 37.9 Å². The van der Waals surface area contributed by atoms with Crippen molar-refractivity contribution in [1.82, 2.24) is 9.88 Å². The maximum Gasteiger partial charge on any atom is 0.128 e. The fourth-order valence-corrected chi connectivity index (χ4v) is 3.42. The first-order valence-corrected chi connectivity index (χ1v) is 9.62. The number of piperazine rings is 1. The fraction of sp³-hybridized carbons (Fsp3) is 0.500. The molecule has 1 aliphatic rings. The van der Waals surface area contributed by atoms with Gasteiger partial charge >= 0.3 is 0 Å². The molecule has 3 rings (SSSR count). The molecule has 1 aromatic heterocycles. The van der Waals surface area contributed by atoms with Crippen molar-refractivity contribution in [3.05, 3.63) is 48.2 Å².